The molecule has 29 heavy (non-hydrogen) atoms. The van der Waals surface area contributed by atoms with E-state index in [4.69, 9.17) is 53.2 Å². The van der Waals surface area contributed by atoms with Crippen molar-refractivity contribution in [2.75, 3.05) is 41.7 Å². The fraction of sp³-hybridized carbons (Fsp3) is 1.00. The average Bonchev–Trinajstić information content (AvgIpc) is 3.16. The maximum absolute atomic E-state index is 12.3. The lowest BCUT2D eigenvalue weighted by molar-refractivity contribution is -0.236. The molecule has 166 valence electrons. The van der Waals surface area contributed by atoms with Crippen molar-refractivity contribution < 1.29 is 46.9 Å². The molecule has 0 aromatic carbocycles. The zero-order valence-electron chi connectivity index (χ0n) is 17.7. The van der Waals surface area contributed by atoms with Crippen LogP contribution in [-0.4, -0.2) is 106 Å². The minimum atomic E-state index is -4.76. The van der Waals surface area contributed by atoms with E-state index in [0.29, 0.717) is 0 Å². The number of rotatable bonds is 10. The van der Waals surface area contributed by atoms with E-state index in [9.17, 15) is 9.46 Å². The predicted molar refractivity (Wildman–Crippen MR) is 103 cm³/mol. The number of phosphoric ester groups is 1. The Balaban J connectivity index is 0.00000204. The molecule has 10 nitrogen and oxygen atoms in total. The maximum Gasteiger partial charge on any atom is 0.268 e. The first-order valence-electron chi connectivity index (χ1n) is 9.31. The molecule has 2 saturated heterocycles. The van der Waals surface area contributed by atoms with Crippen LogP contribution in [0.1, 0.15) is 13.8 Å². The Morgan fingerprint density at radius 3 is 1.72 bits per heavy atom. The monoisotopic (exact) mass is 435 g/mol. The van der Waals surface area contributed by atoms with Crippen molar-refractivity contribution in [2.24, 2.45) is 0 Å². The zero-order chi connectivity index (χ0) is 22.2. The highest BCUT2D eigenvalue weighted by Gasteiger charge is 2.46. The van der Waals surface area contributed by atoms with E-state index in [1.54, 1.807) is 0 Å². The van der Waals surface area contributed by atoms with Gasteiger partial charge in [0.2, 0.25) is 0 Å². The summed E-state index contributed by atoms with van der Waals surface area (Å²) in [5.74, 6) is 0. The van der Waals surface area contributed by atoms with Crippen LogP contribution in [0.2, 0.25) is 0 Å². The van der Waals surface area contributed by atoms with Gasteiger partial charge in [0.15, 0.2) is 0 Å². The second kappa shape index (κ2) is 12.8. The molecule has 0 aromatic heterocycles. The molecule has 0 spiro atoms. The minimum Gasteiger partial charge on any atom is -0.756 e. The summed E-state index contributed by atoms with van der Waals surface area (Å²) in [6, 6.07) is -1.64. The van der Waals surface area contributed by atoms with Gasteiger partial charge in [-0.25, -0.2) is 0 Å². The molecule has 9 unspecified atom stereocenters. The molecule has 2 rings (SSSR count). The summed E-state index contributed by atoms with van der Waals surface area (Å²) in [5.41, 5.74) is 0. The second-order valence-electron chi connectivity index (χ2n) is 6.15. The molecule has 13 heteroatoms. The Morgan fingerprint density at radius 1 is 0.828 bits per heavy atom. The predicted octanol–water partition coefficient (Wildman–Crippen LogP) is -0.639. The van der Waals surface area contributed by atoms with E-state index in [0.717, 1.165) is 0 Å². The fourth-order valence-corrected chi connectivity index (χ4v) is 4.18. The van der Waals surface area contributed by atoms with Crippen molar-refractivity contribution in [3.8, 4) is 0 Å². The first-order valence-corrected chi connectivity index (χ1v) is 10.8. The Morgan fingerprint density at radius 2 is 1.28 bits per heavy atom. The third-order valence-electron chi connectivity index (χ3n) is 4.49. The van der Waals surface area contributed by atoms with Gasteiger partial charge in [0.1, 0.15) is 52.3 Å². The highest BCUT2D eigenvalue weighted by molar-refractivity contribution is 7.45. The van der Waals surface area contributed by atoms with Crippen LogP contribution < -0.4 is 4.89 Å². The van der Waals surface area contributed by atoms with E-state index < -0.39 is 56.5 Å². The van der Waals surface area contributed by atoms with Gasteiger partial charge in [0.25, 0.3) is 7.82 Å². The van der Waals surface area contributed by atoms with Crippen LogP contribution >= 0.6 is 7.82 Å². The van der Waals surface area contributed by atoms with Gasteiger partial charge in [-0.05, 0) is 0 Å². The minimum absolute atomic E-state index is 0.0695. The van der Waals surface area contributed by atoms with E-state index in [1.165, 1.54) is 28.4 Å². The molecular formula is C16H30B2O10P-. The number of phosphoric acid groups is 1. The number of hydrogen-bond acceptors (Lipinski definition) is 10. The van der Waals surface area contributed by atoms with Gasteiger partial charge >= 0.3 is 0 Å². The smallest absolute Gasteiger partial charge is 0.268 e. The van der Waals surface area contributed by atoms with Crippen molar-refractivity contribution in [3.05, 3.63) is 0 Å². The Hall–Kier alpha value is -0.000130. The summed E-state index contributed by atoms with van der Waals surface area (Å²) < 4.78 is 54.0. The number of methoxy groups -OCH3 is 4. The second-order valence-corrected chi connectivity index (χ2v) is 7.51. The van der Waals surface area contributed by atoms with Gasteiger partial charge in [-0.15, -0.1) is 0 Å². The van der Waals surface area contributed by atoms with Crippen molar-refractivity contribution in [3.63, 3.8) is 0 Å². The lowest BCUT2D eigenvalue weighted by Gasteiger charge is -2.31. The van der Waals surface area contributed by atoms with Crippen LogP contribution in [0.15, 0.2) is 0 Å². The van der Waals surface area contributed by atoms with E-state index in [2.05, 4.69) is 0 Å². The third-order valence-corrected chi connectivity index (χ3v) is 5.45. The molecule has 0 aromatic rings. The largest absolute Gasteiger partial charge is 0.756 e. The molecule has 0 saturated carbocycles. The molecule has 4 radical (unpaired) electrons. The van der Waals surface area contributed by atoms with Crippen LogP contribution in [0.25, 0.3) is 0 Å². The fourth-order valence-electron chi connectivity index (χ4n) is 3.24. The quantitative estimate of drug-likeness (QED) is 0.325. The molecule has 0 amide bonds. The first kappa shape index (κ1) is 27.0. The highest BCUT2D eigenvalue weighted by Crippen LogP contribution is 2.44. The van der Waals surface area contributed by atoms with Crippen molar-refractivity contribution in [1.82, 2.24) is 0 Å². The molecular weight excluding hydrogens is 405 g/mol. The number of hydrogen-bond donors (Lipinski definition) is 0. The molecule has 9 atom stereocenters. The molecule has 0 N–H and O–H groups in total. The molecule has 0 bridgehead atoms. The van der Waals surface area contributed by atoms with Crippen LogP contribution in [0, 0.1) is 0 Å². The van der Waals surface area contributed by atoms with Crippen LogP contribution in [-0.2, 0) is 42.0 Å². The highest BCUT2D eigenvalue weighted by atomic mass is 31.2. The van der Waals surface area contributed by atoms with Gasteiger partial charge < -0.3 is 42.4 Å². The molecule has 0 aliphatic carbocycles. The Labute approximate surface area is 175 Å². The van der Waals surface area contributed by atoms with Gasteiger partial charge in [-0.1, -0.05) is 13.8 Å². The molecule has 2 aliphatic heterocycles. The van der Waals surface area contributed by atoms with Gasteiger partial charge in [0.05, 0.1) is 13.2 Å². The lowest BCUT2D eigenvalue weighted by atomic mass is 9.93. The average molecular weight is 435 g/mol. The van der Waals surface area contributed by atoms with Gasteiger partial charge in [0, 0.05) is 40.4 Å². The van der Waals surface area contributed by atoms with E-state index >= 15 is 0 Å². The van der Waals surface area contributed by atoms with Crippen LogP contribution in [0.3, 0.4) is 0 Å². The number of ether oxygens (including phenoxy) is 6. The molecule has 2 fully saturated rings. The SMILES string of the molecule is CC.[B]C1OC(COP(=O)([O-])OC2C(COC)OC([B])C2OC)C(OC)C1OC. The summed E-state index contributed by atoms with van der Waals surface area (Å²) in [4.78, 5) is 12.3. The van der Waals surface area contributed by atoms with E-state index in [-0.39, 0.29) is 13.2 Å². The summed E-state index contributed by atoms with van der Waals surface area (Å²) in [6.07, 6.45) is -4.47. The Bertz CT molecular complexity index is 516. The first-order chi connectivity index (χ1) is 13.8. The zero-order valence-corrected chi connectivity index (χ0v) is 18.6. The molecule has 2 heterocycles. The summed E-state index contributed by atoms with van der Waals surface area (Å²) in [7, 11) is 12.5. The topological polar surface area (TPSA) is 114 Å². The Kier molecular flexibility index (Phi) is 11.9. The van der Waals surface area contributed by atoms with Crippen LogP contribution in [0.5, 0.6) is 0 Å². The summed E-state index contributed by atoms with van der Waals surface area (Å²) in [6.45, 7) is 3.71. The lowest BCUT2D eigenvalue weighted by Crippen LogP contribution is -2.40. The standard InChI is InChI=1S/C14H25B2O10P.C2H6/c1-19-5-7-10(12(22-4)14(16)24-7)26-27(17,18)23-6-8-9(20-2)11(21-3)13(15)25-8;1-2/h7-14H,5-6H2,1-4H3,(H,17,18);1-2H3/p-1. The maximum atomic E-state index is 12.3. The van der Waals surface area contributed by atoms with Crippen molar-refractivity contribution >= 4 is 23.5 Å². The summed E-state index contributed by atoms with van der Waals surface area (Å²) >= 11 is 0. The van der Waals surface area contributed by atoms with Crippen molar-refractivity contribution in [1.29, 1.82) is 0 Å². The van der Waals surface area contributed by atoms with Gasteiger partial charge in [-0.3, -0.25) is 4.57 Å². The molecule has 2 aliphatic rings. The van der Waals surface area contributed by atoms with Crippen LogP contribution in [0.4, 0.5) is 0 Å². The third kappa shape index (κ3) is 7.00. The normalized spacial score (nSPS) is 39.0. The van der Waals surface area contributed by atoms with Crippen molar-refractivity contribution in [2.45, 2.75) is 62.5 Å². The summed E-state index contributed by atoms with van der Waals surface area (Å²) in [5, 5.41) is 0. The van der Waals surface area contributed by atoms with E-state index in [1.807, 2.05) is 13.8 Å². The van der Waals surface area contributed by atoms with Gasteiger partial charge in [-0.2, -0.15) is 0 Å².